The second-order valence-electron chi connectivity index (χ2n) is 4.64. The Labute approximate surface area is 108 Å². The Hall–Kier alpha value is -1.42. The molecule has 4 heteroatoms. The van der Waals surface area contributed by atoms with Gasteiger partial charge in [0.15, 0.2) is 11.5 Å². The number of nitrogens with one attached hydrogen (secondary N) is 1. The van der Waals surface area contributed by atoms with Crippen LogP contribution in [-0.2, 0) is 0 Å². The van der Waals surface area contributed by atoms with E-state index in [-0.39, 0.29) is 0 Å². The number of benzene rings is 1. The van der Waals surface area contributed by atoms with E-state index in [1.165, 1.54) is 0 Å². The number of rotatable bonds is 5. The Morgan fingerprint density at radius 2 is 1.83 bits per heavy atom. The summed E-state index contributed by atoms with van der Waals surface area (Å²) in [4.78, 5) is 0. The highest BCUT2D eigenvalue weighted by molar-refractivity contribution is 5.55. The van der Waals surface area contributed by atoms with E-state index in [0.717, 1.165) is 30.0 Å². The average molecular weight is 251 g/mol. The van der Waals surface area contributed by atoms with Crippen LogP contribution in [0.5, 0.6) is 11.5 Å². The Kier molecular flexibility index (Phi) is 3.97. The van der Waals surface area contributed by atoms with E-state index in [0.29, 0.717) is 19.8 Å². The first-order valence-corrected chi connectivity index (χ1v) is 6.53. The van der Waals surface area contributed by atoms with Crippen LogP contribution in [-0.4, -0.2) is 30.5 Å². The molecule has 100 valence electrons. The first kappa shape index (κ1) is 13.0. The van der Waals surface area contributed by atoms with E-state index in [1.54, 1.807) is 0 Å². The van der Waals surface area contributed by atoms with Gasteiger partial charge >= 0.3 is 0 Å². The van der Waals surface area contributed by atoms with Crippen LogP contribution in [0.1, 0.15) is 26.7 Å². The zero-order valence-electron chi connectivity index (χ0n) is 11.0. The van der Waals surface area contributed by atoms with Gasteiger partial charge in [-0.15, -0.1) is 0 Å². The molecular formula is C14H21NO3. The highest BCUT2D eigenvalue weighted by Gasteiger charge is 2.22. The molecule has 0 aliphatic carbocycles. The molecule has 2 rings (SSSR count). The molecule has 0 atom stereocenters. The molecule has 0 spiro atoms. The van der Waals surface area contributed by atoms with Crippen LogP contribution in [0.2, 0.25) is 0 Å². The summed E-state index contributed by atoms with van der Waals surface area (Å²) in [6.45, 7) is 5.72. The predicted octanol–water partition coefficient (Wildman–Crippen LogP) is 2.42. The molecule has 0 saturated heterocycles. The molecule has 0 unspecified atom stereocenters. The number of hydrogen-bond acceptors (Lipinski definition) is 4. The molecule has 1 aliphatic rings. The van der Waals surface area contributed by atoms with Crippen molar-refractivity contribution in [3.05, 3.63) is 18.2 Å². The predicted molar refractivity (Wildman–Crippen MR) is 71.5 cm³/mol. The number of anilines is 1. The molecule has 0 amide bonds. The molecule has 0 aromatic heterocycles. The van der Waals surface area contributed by atoms with Crippen molar-refractivity contribution in [2.24, 2.45) is 0 Å². The van der Waals surface area contributed by atoms with E-state index < -0.39 is 5.60 Å². The van der Waals surface area contributed by atoms with Gasteiger partial charge in [-0.25, -0.2) is 0 Å². The molecular weight excluding hydrogens is 230 g/mol. The van der Waals surface area contributed by atoms with Crippen LogP contribution in [0.4, 0.5) is 5.69 Å². The second kappa shape index (κ2) is 5.48. The second-order valence-corrected chi connectivity index (χ2v) is 4.64. The summed E-state index contributed by atoms with van der Waals surface area (Å²) >= 11 is 0. The third-order valence-corrected chi connectivity index (χ3v) is 3.48. The van der Waals surface area contributed by atoms with Gasteiger partial charge in [0.05, 0.1) is 5.60 Å². The van der Waals surface area contributed by atoms with Gasteiger partial charge < -0.3 is 19.9 Å². The molecule has 1 heterocycles. The fraction of sp³-hybridized carbons (Fsp3) is 0.571. The maximum absolute atomic E-state index is 10.2. The third-order valence-electron chi connectivity index (χ3n) is 3.48. The zero-order valence-corrected chi connectivity index (χ0v) is 11.0. The molecule has 0 bridgehead atoms. The van der Waals surface area contributed by atoms with E-state index in [2.05, 4.69) is 5.32 Å². The summed E-state index contributed by atoms with van der Waals surface area (Å²) < 4.78 is 11.0. The molecule has 0 fully saturated rings. The lowest BCUT2D eigenvalue weighted by Gasteiger charge is -2.26. The maximum atomic E-state index is 10.2. The molecule has 1 aliphatic heterocycles. The summed E-state index contributed by atoms with van der Waals surface area (Å²) in [5.41, 5.74) is 0.298. The third kappa shape index (κ3) is 2.88. The quantitative estimate of drug-likeness (QED) is 0.844. The first-order chi connectivity index (χ1) is 8.67. The van der Waals surface area contributed by atoms with Crippen LogP contribution >= 0.6 is 0 Å². The van der Waals surface area contributed by atoms with Crippen molar-refractivity contribution in [2.75, 3.05) is 25.1 Å². The van der Waals surface area contributed by atoms with Crippen molar-refractivity contribution in [3.8, 4) is 11.5 Å². The number of ether oxygens (including phenoxy) is 2. The monoisotopic (exact) mass is 251 g/mol. The molecule has 0 radical (unpaired) electrons. The number of aliphatic hydroxyl groups is 1. The Morgan fingerprint density at radius 3 is 2.50 bits per heavy atom. The van der Waals surface area contributed by atoms with Gasteiger partial charge in [-0.2, -0.15) is 0 Å². The summed E-state index contributed by atoms with van der Waals surface area (Å²) in [5, 5.41) is 13.5. The van der Waals surface area contributed by atoms with Gasteiger partial charge in [-0.1, -0.05) is 13.8 Å². The lowest BCUT2D eigenvalue weighted by molar-refractivity contribution is 0.0457. The average Bonchev–Trinajstić information content (AvgIpc) is 2.44. The minimum Gasteiger partial charge on any atom is -0.486 e. The summed E-state index contributed by atoms with van der Waals surface area (Å²) in [7, 11) is 0. The van der Waals surface area contributed by atoms with Gasteiger partial charge in [0.2, 0.25) is 0 Å². The van der Waals surface area contributed by atoms with Crippen LogP contribution in [0.3, 0.4) is 0 Å². The lowest BCUT2D eigenvalue weighted by atomic mass is 9.97. The van der Waals surface area contributed by atoms with E-state index >= 15 is 0 Å². The topological polar surface area (TPSA) is 50.7 Å². The van der Waals surface area contributed by atoms with Gasteiger partial charge in [-0.3, -0.25) is 0 Å². The SMILES string of the molecule is CCC(O)(CC)CNc1ccc2c(c1)OCCO2. The van der Waals surface area contributed by atoms with E-state index in [9.17, 15) is 5.11 Å². The molecule has 2 N–H and O–H groups in total. The smallest absolute Gasteiger partial charge is 0.163 e. The van der Waals surface area contributed by atoms with Crippen LogP contribution in [0.25, 0.3) is 0 Å². The maximum Gasteiger partial charge on any atom is 0.163 e. The van der Waals surface area contributed by atoms with Crippen molar-refractivity contribution < 1.29 is 14.6 Å². The van der Waals surface area contributed by atoms with Crippen molar-refractivity contribution in [3.63, 3.8) is 0 Å². The number of fused-ring (bicyclic) bond motifs is 1. The van der Waals surface area contributed by atoms with Crippen molar-refractivity contribution in [2.45, 2.75) is 32.3 Å². The molecule has 1 aromatic rings. The Morgan fingerprint density at radius 1 is 1.17 bits per heavy atom. The summed E-state index contributed by atoms with van der Waals surface area (Å²) in [5.74, 6) is 1.55. The fourth-order valence-electron chi connectivity index (χ4n) is 1.92. The van der Waals surface area contributed by atoms with Crippen molar-refractivity contribution in [1.82, 2.24) is 0 Å². The zero-order chi connectivity index (χ0) is 13.0. The lowest BCUT2D eigenvalue weighted by Crippen LogP contribution is -2.35. The van der Waals surface area contributed by atoms with Crippen LogP contribution in [0, 0.1) is 0 Å². The largest absolute Gasteiger partial charge is 0.486 e. The van der Waals surface area contributed by atoms with Gasteiger partial charge in [0.25, 0.3) is 0 Å². The summed E-state index contributed by atoms with van der Waals surface area (Å²) in [6.07, 6.45) is 1.47. The minimum absolute atomic E-state index is 0.541. The normalized spacial score (nSPS) is 14.4. The van der Waals surface area contributed by atoms with E-state index in [4.69, 9.17) is 9.47 Å². The van der Waals surface area contributed by atoms with Crippen LogP contribution < -0.4 is 14.8 Å². The Bertz CT molecular complexity index is 402. The van der Waals surface area contributed by atoms with Gasteiger partial charge in [0.1, 0.15) is 13.2 Å². The Balaban J connectivity index is 2.02. The summed E-state index contributed by atoms with van der Waals surface area (Å²) in [6, 6.07) is 5.76. The van der Waals surface area contributed by atoms with Gasteiger partial charge in [-0.05, 0) is 25.0 Å². The highest BCUT2D eigenvalue weighted by atomic mass is 16.6. The highest BCUT2D eigenvalue weighted by Crippen LogP contribution is 2.32. The molecule has 4 nitrogen and oxygen atoms in total. The van der Waals surface area contributed by atoms with Gasteiger partial charge in [0, 0.05) is 18.3 Å². The van der Waals surface area contributed by atoms with E-state index in [1.807, 2.05) is 32.0 Å². The first-order valence-electron chi connectivity index (χ1n) is 6.53. The van der Waals surface area contributed by atoms with Crippen molar-refractivity contribution in [1.29, 1.82) is 0 Å². The fourth-order valence-corrected chi connectivity index (χ4v) is 1.92. The molecule has 18 heavy (non-hydrogen) atoms. The molecule has 0 saturated carbocycles. The minimum atomic E-state index is -0.646. The number of hydrogen-bond donors (Lipinski definition) is 2. The van der Waals surface area contributed by atoms with Crippen molar-refractivity contribution >= 4 is 5.69 Å². The standard InChI is InChI=1S/C14H21NO3/c1-3-14(16,4-2)10-15-11-5-6-12-13(9-11)18-8-7-17-12/h5-6,9,15-16H,3-4,7-8,10H2,1-2H3. The van der Waals surface area contributed by atoms with Crippen LogP contribution in [0.15, 0.2) is 18.2 Å². The molecule has 1 aromatic carbocycles.